The van der Waals surface area contributed by atoms with Gasteiger partial charge in [0.15, 0.2) is 0 Å². The van der Waals surface area contributed by atoms with Gasteiger partial charge in [-0.05, 0) is 43.2 Å². The van der Waals surface area contributed by atoms with Gasteiger partial charge >= 0.3 is 0 Å². The number of aliphatic hydroxyl groups excluding tert-OH is 1. The van der Waals surface area contributed by atoms with Gasteiger partial charge in [0, 0.05) is 44.2 Å². The molecule has 0 aliphatic carbocycles. The van der Waals surface area contributed by atoms with E-state index in [1.54, 1.807) is 49.3 Å². The zero-order valence-corrected chi connectivity index (χ0v) is 20.0. The van der Waals surface area contributed by atoms with Crippen LogP contribution in [-0.2, 0) is 14.8 Å². The molecule has 8 nitrogen and oxygen atoms in total. The van der Waals surface area contributed by atoms with Crippen LogP contribution in [0.5, 0.6) is 5.75 Å². The number of amides is 1. The number of aromatic nitrogens is 1. The molecule has 0 saturated carbocycles. The van der Waals surface area contributed by atoms with Crippen molar-refractivity contribution in [2.75, 3.05) is 26.7 Å². The lowest BCUT2D eigenvalue weighted by atomic mass is 10.0. The van der Waals surface area contributed by atoms with E-state index in [-0.39, 0.29) is 35.6 Å². The summed E-state index contributed by atoms with van der Waals surface area (Å²) in [5, 5.41) is 9.71. The van der Waals surface area contributed by atoms with Crippen molar-refractivity contribution in [2.24, 2.45) is 5.92 Å². The average molecular weight is 472 g/mol. The second-order valence-electron chi connectivity index (χ2n) is 8.27. The Morgan fingerprint density at radius 2 is 2.09 bits per heavy atom. The fourth-order valence-electron chi connectivity index (χ4n) is 3.49. The molecule has 9 heteroatoms. The molecule has 3 atom stereocenters. The number of carbonyl (C=O) groups excluding carboxylic acids is 1. The van der Waals surface area contributed by atoms with Crippen molar-refractivity contribution in [3.05, 3.63) is 53.9 Å². The van der Waals surface area contributed by atoms with Crippen LogP contribution in [0, 0.1) is 17.8 Å². The second-order valence-corrected chi connectivity index (χ2v) is 10.1. The lowest BCUT2D eigenvalue weighted by Gasteiger charge is -2.37. The van der Waals surface area contributed by atoms with E-state index >= 15 is 0 Å². The fourth-order valence-corrected chi connectivity index (χ4v) is 5.32. The van der Waals surface area contributed by atoms with Gasteiger partial charge in [0.1, 0.15) is 22.4 Å². The van der Waals surface area contributed by atoms with Crippen LogP contribution in [0.1, 0.15) is 32.0 Å². The number of benzene rings is 1. The lowest BCUT2D eigenvalue weighted by Crippen LogP contribution is -2.50. The number of hydrogen-bond donors (Lipinski definition) is 1. The van der Waals surface area contributed by atoms with Crippen LogP contribution >= 0.6 is 0 Å². The topological polar surface area (TPSA) is 100 Å². The fraction of sp³-hybridized carbons (Fsp3) is 0.417. The normalized spacial score (nSPS) is 20.8. The van der Waals surface area contributed by atoms with Crippen molar-refractivity contribution in [3.63, 3.8) is 0 Å². The quantitative estimate of drug-likeness (QED) is 0.682. The molecular formula is C24H29N3O5S. The third-order valence-electron chi connectivity index (χ3n) is 5.66. The van der Waals surface area contributed by atoms with Gasteiger partial charge < -0.3 is 14.7 Å². The average Bonchev–Trinajstić information content (AvgIpc) is 2.79. The second kappa shape index (κ2) is 10.3. The molecular weight excluding hydrogens is 442 g/mol. The molecule has 1 N–H and O–H groups in total. The van der Waals surface area contributed by atoms with E-state index in [1.165, 1.54) is 17.3 Å². The zero-order valence-electron chi connectivity index (χ0n) is 19.2. The standard InChI is InChI=1S/C24H29N3O5S/c1-17-14-27(18(2)16-28)33(30,31)24-11-9-20(8-10-21-7-5-6-12-25-21)13-22(24)32-23(17)15-26(4)19(3)29/h5-7,9,11-13,17-18,23,28H,14-16H2,1-4H3/t17-,18+,23-/m1/s1. The molecule has 2 aromatic rings. The van der Waals surface area contributed by atoms with Crippen molar-refractivity contribution in [1.29, 1.82) is 0 Å². The maximum Gasteiger partial charge on any atom is 0.247 e. The summed E-state index contributed by atoms with van der Waals surface area (Å²) in [6, 6.07) is 9.51. The van der Waals surface area contributed by atoms with Crippen molar-refractivity contribution in [3.8, 4) is 17.6 Å². The Hall–Kier alpha value is -2.93. The number of sulfonamides is 1. The van der Waals surface area contributed by atoms with Crippen molar-refractivity contribution in [1.82, 2.24) is 14.2 Å². The molecule has 1 amide bonds. The van der Waals surface area contributed by atoms with Crippen LogP contribution in [0.4, 0.5) is 0 Å². The lowest BCUT2D eigenvalue weighted by molar-refractivity contribution is -0.129. The molecule has 0 radical (unpaired) electrons. The van der Waals surface area contributed by atoms with Gasteiger partial charge in [0.05, 0.1) is 13.2 Å². The smallest absolute Gasteiger partial charge is 0.247 e. The zero-order chi connectivity index (χ0) is 24.2. The van der Waals surface area contributed by atoms with E-state index < -0.39 is 22.2 Å². The summed E-state index contributed by atoms with van der Waals surface area (Å²) in [5.41, 5.74) is 1.17. The molecule has 0 saturated heterocycles. The van der Waals surface area contributed by atoms with Crippen molar-refractivity contribution in [2.45, 2.75) is 37.8 Å². The van der Waals surface area contributed by atoms with E-state index in [0.717, 1.165) is 0 Å². The maximum atomic E-state index is 13.5. The van der Waals surface area contributed by atoms with E-state index in [4.69, 9.17) is 4.74 Å². The largest absolute Gasteiger partial charge is 0.487 e. The highest BCUT2D eigenvalue weighted by atomic mass is 32.2. The van der Waals surface area contributed by atoms with Crippen molar-refractivity contribution < 1.29 is 23.1 Å². The number of pyridine rings is 1. The summed E-state index contributed by atoms with van der Waals surface area (Å²) in [7, 11) is -2.25. The number of hydrogen-bond acceptors (Lipinski definition) is 6. The van der Waals surface area contributed by atoms with E-state index in [0.29, 0.717) is 17.8 Å². The Labute approximate surface area is 195 Å². The van der Waals surface area contributed by atoms with E-state index in [9.17, 15) is 18.3 Å². The van der Waals surface area contributed by atoms with Gasteiger partial charge in [-0.25, -0.2) is 13.4 Å². The first-order valence-electron chi connectivity index (χ1n) is 10.7. The molecule has 2 heterocycles. The number of likely N-dealkylation sites (N-methyl/N-ethyl adjacent to an activating group) is 1. The third-order valence-corrected chi connectivity index (χ3v) is 7.68. The minimum absolute atomic E-state index is 0.00793. The molecule has 1 aromatic heterocycles. The molecule has 3 rings (SSSR count). The minimum Gasteiger partial charge on any atom is -0.487 e. The Bertz CT molecular complexity index is 1160. The van der Waals surface area contributed by atoms with E-state index in [1.807, 2.05) is 13.0 Å². The molecule has 1 aromatic carbocycles. The van der Waals surface area contributed by atoms with Crippen molar-refractivity contribution >= 4 is 15.9 Å². The Kier molecular flexibility index (Phi) is 7.74. The maximum absolute atomic E-state index is 13.5. The molecule has 33 heavy (non-hydrogen) atoms. The molecule has 0 spiro atoms. The number of fused-ring (bicyclic) bond motifs is 1. The minimum atomic E-state index is -3.93. The number of rotatable bonds is 4. The van der Waals surface area contributed by atoms with Gasteiger partial charge in [0.25, 0.3) is 0 Å². The Balaban J connectivity index is 2.08. The summed E-state index contributed by atoms with van der Waals surface area (Å²) in [4.78, 5) is 17.6. The van der Waals surface area contributed by atoms with Crippen LogP contribution in [-0.4, -0.2) is 72.5 Å². The van der Waals surface area contributed by atoms with Gasteiger partial charge in [-0.2, -0.15) is 4.31 Å². The summed E-state index contributed by atoms with van der Waals surface area (Å²) in [6.07, 6.45) is 1.19. The molecule has 1 aliphatic rings. The highest BCUT2D eigenvalue weighted by Crippen LogP contribution is 2.34. The van der Waals surface area contributed by atoms with Crippen LogP contribution in [0.15, 0.2) is 47.5 Å². The molecule has 0 unspecified atom stereocenters. The summed E-state index contributed by atoms with van der Waals surface area (Å²) < 4.78 is 34.5. The number of ether oxygens (including phenoxy) is 1. The number of carbonyl (C=O) groups is 1. The summed E-state index contributed by atoms with van der Waals surface area (Å²) in [6.45, 7) is 5.14. The predicted octanol–water partition coefficient (Wildman–Crippen LogP) is 1.73. The SMILES string of the molecule is CC(=O)N(C)C[C@H]1Oc2cc(C#Cc3ccccn3)ccc2S(=O)(=O)N([C@@H](C)CO)C[C@H]1C. The van der Waals surface area contributed by atoms with Gasteiger partial charge in [0.2, 0.25) is 15.9 Å². The van der Waals surface area contributed by atoms with Gasteiger partial charge in [-0.3, -0.25) is 4.79 Å². The Morgan fingerprint density at radius 3 is 2.73 bits per heavy atom. The highest BCUT2D eigenvalue weighted by molar-refractivity contribution is 7.89. The first kappa shape index (κ1) is 24.7. The molecule has 176 valence electrons. The van der Waals surface area contributed by atoms with Gasteiger partial charge in [-0.1, -0.05) is 18.9 Å². The highest BCUT2D eigenvalue weighted by Gasteiger charge is 2.38. The monoisotopic (exact) mass is 471 g/mol. The predicted molar refractivity (Wildman–Crippen MR) is 124 cm³/mol. The van der Waals surface area contributed by atoms with Crippen LogP contribution < -0.4 is 4.74 Å². The summed E-state index contributed by atoms with van der Waals surface area (Å²) in [5.74, 6) is 5.77. The molecule has 0 bridgehead atoms. The number of nitrogens with zero attached hydrogens (tertiary/aromatic N) is 3. The third kappa shape index (κ3) is 5.71. The Morgan fingerprint density at radius 1 is 1.33 bits per heavy atom. The van der Waals surface area contributed by atoms with Crippen LogP contribution in [0.25, 0.3) is 0 Å². The number of aliphatic hydroxyl groups is 1. The van der Waals surface area contributed by atoms with Crippen LogP contribution in [0.2, 0.25) is 0 Å². The van der Waals surface area contributed by atoms with Crippen LogP contribution in [0.3, 0.4) is 0 Å². The van der Waals surface area contributed by atoms with Gasteiger partial charge in [-0.15, -0.1) is 0 Å². The molecule has 0 fully saturated rings. The van der Waals surface area contributed by atoms with E-state index in [2.05, 4.69) is 16.8 Å². The first-order valence-corrected chi connectivity index (χ1v) is 12.2. The summed E-state index contributed by atoms with van der Waals surface area (Å²) >= 11 is 0. The molecule has 1 aliphatic heterocycles. The first-order chi connectivity index (χ1) is 15.6.